The van der Waals surface area contributed by atoms with Crippen LogP contribution in [0.1, 0.15) is 30.9 Å². The van der Waals surface area contributed by atoms with Crippen molar-refractivity contribution in [1.82, 2.24) is 15.3 Å². The van der Waals surface area contributed by atoms with E-state index >= 15 is 0 Å². The minimum atomic E-state index is -0.323. The molecule has 0 unspecified atom stereocenters. The van der Waals surface area contributed by atoms with Gasteiger partial charge in [0, 0.05) is 29.3 Å². The van der Waals surface area contributed by atoms with E-state index in [4.69, 9.17) is 4.63 Å². The first-order chi connectivity index (χ1) is 12.3. The fourth-order valence-electron chi connectivity index (χ4n) is 3.65. The summed E-state index contributed by atoms with van der Waals surface area (Å²) >= 11 is 0. The molecule has 2 aromatic heterocycles. The summed E-state index contributed by atoms with van der Waals surface area (Å²) in [6.07, 6.45) is 3.95. The molecule has 0 spiro atoms. The van der Waals surface area contributed by atoms with Crippen LogP contribution in [0.2, 0.25) is 0 Å². The second-order valence-electron chi connectivity index (χ2n) is 6.25. The minimum absolute atomic E-state index is 0.147. The van der Waals surface area contributed by atoms with E-state index in [1.807, 2.05) is 30.3 Å². The zero-order valence-electron chi connectivity index (χ0n) is 13.3. The van der Waals surface area contributed by atoms with Crippen molar-refractivity contribution < 1.29 is 9.42 Å². The average molecular weight is 333 g/mol. The van der Waals surface area contributed by atoms with E-state index in [1.54, 1.807) is 6.20 Å². The number of carbonyl (C=O) groups is 1. The highest BCUT2D eigenvalue weighted by Gasteiger charge is 2.34. The van der Waals surface area contributed by atoms with Gasteiger partial charge in [-0.2, -0.15) is 0 Å². The highest BCUT2D eigenvalue weighted by Crippen LogP contribution is 2.40. The number of nitrogens with one attached hydrogen (secondary N) is 2. The van der Waals surface area contributed by atoms with Crippen molar-refractivity contribution in [3.8, 4) is 0 Å². The monoisotopic (exact) mass is 333 g/mol. The van der Waals surface area contributed by atoms with Crippen molar-refractivity contribution in [2.45, 2.75) is 25.3 Å². The average Bonchev–Trinajstić information content (AvgIpc) is 3.00. The van der Waals surface area contributed by atoms with E-state index in [2.05, 4.69) is 25.9 Å². The number of aromatic nitrogens is 3. The Morgan fingerprint density at radius 3 is 2.92 bits per heavy atom. The summed E-state index contributed by atoms with van der Waals surface area (Å²) in [5.74, 6) is 1.17. The number of hydrogen-bond donors (Lipinski definition) is 2. The van der Waals surface area contributed by atoms with Gasteiger partial charge >= 0.3 is 0 Å². The quantitative estimate of drug-likeness (QED) is 0.706. The van der Waals surface area contributed by atoms with Gasteiger partial charge in [-0.3, -0.25) is 9.78 Å². The van der Waals surface area contributed by atoms with E-state index in [9.17, 15) is 4.79 Å². The Balaban J connectivity index is 1.76. The van der Waals surface area contributed by atoms with E-state index in [-0.39, 0.29) is 11.8 Å². The van der Waals surface area contributed by atoms with Crippen molar-refractivity contribution in [2.24, 2.45) is 0 Å². The smallest absolute Gasteiger partial charge is 0.219 e. The highest BCUT2D eigenvalue weighted by molar-refractivity contribution is 6.01. The maximum Gasteiger partial charge on any atom is 0.219 e. The Morgan fingerprint density at radius 2 is 1.96 bits per heavy atom. The lowest BCUT2D eigenvalue weighted by molar-refractivity contribution is -0.116. The van der Waals surface area contributed by atoms with Crippen molar-refractivity contribution in [2.75, 3.05) is 10.6 Å². The number of hydrogen-bond acceptors (Lipinski definition) is 7. The van der Waals surface area contributed by atoms with E-state index < -0.39 is 0 Å². The van der Waals surface area contributed by atoms with Crippen LogP contribution >= 0.6 is 0 Å². The Morgan fingerprint density at radius 1 is 1.08 bits per heavy atom. The SMILES string of the molecule is O=C1CCCC2=C1[C@H](c1ccnc3ccccc13)Nc1nonc1N2. The van der Waals surface area contributed by atoms with Crippen molar-refractivity contribution in [3.05, 3.63) is 53.4 Å². The van der Waals surface area contributed by atoms with Crippen LogP contribution in [0, 0.1) is 0 Å². The fourth-order valence-corrected chi connectivity index (χ4v) is 3.65. The van der Waals surface area contributed by atoms with Gasteiger partial charge in [0.1, 0.15) is 0 Å². The predicted octanol–water partition coefficient (Wildman–Crippen LogP) is 3.20. The molecule has 1 aliphatic heterocycles. The van der Waals surface area contributed by atoms with Crippen LogP contribution in [0.15, 0.2) is 52.4 Å². The Kier molecular flexibility index (Phi) is 3.06. The number of anilines is 2. The lowest BCUT2D eigenvalue weighted by Gasteiger charge is -2.25. The number of rotatable bonds is 1. The summed E-state index contributed by atoms with van der Waals surface area (Å²) in [5.41, 5.74) is 3.53. The first-order valence-electron chi connectivity index (χ1n) is 8.27. The van der Waals surface area contributed by atoms with Crippen LogP contribution in [0.25, 0.3) is 10.9 Å². The van der Waals surface area contributed by atoms with E-state index in [1.165, 1.54) is 0 Å². The van der Waals surface area contributed by atoms with Gasteiger partial charge in [-0.15, -0.1) is 0 Å². The van der Waals surface area contributed by atoms with Gasteiger partial charge in [0.15, 0.2) is 5.78 Å². The molecule has 3 heterocycles. The molecule has 124 valence electrons. The first-order valence-corrected chi connectivity index (χ1v) is 8.27. The van der Waals surface area contributed by atoms with Crippen LogP contribution in [0.4, 0.5) is 11.6 Å². The summed E-state index contributed by atoms with van der Waals surface area (Å²) in [6.45, 7) is 0. The molecule has 0 amide bonds. The summed E-state index contributed by atoms with van der Waals surface area (Å²) in [5, 5.41) is 15.4. The van der Waals surface area contributed by atoms with Crippen LogP contribution in [-0.2, 0) is 4.79 Å². The number of carbonyl (C=O) groups excluding carboxylic acids is 1. The maximum absolute atomic E-state index is 12.8. The molecule has 5 rings (SSSR count). The molecule has 2 N–H and O–H groups in total. The summed E-state index contributed by atoms with van der Waals surface area (Å²) < 4.78 is 4.86. The van der Waals surface area contributed by atoms with Crippen molar-refractivity contribution in [1.29, 1.82) is 0 Å². The number of nitrogens with zero attached hydrogens (tertiary/aromatic N) is 3. The lowest BCUT2D eigenvalue weighted by atomic mass is 9.86. The molecular weight excluding hydrogens is 318 g/mol. The Bertz CT molecular complexity index is 1020. The third kappa shape index (κ3) is 2.20. The standard InChI is InChI=1S/C18H15N5O2/c24-14-7-3-6-13-15(14)16(21-18-17(20-13)22-25-23-18)11-8-9-19-12-5-2-1-4-10(11)12/h1-2,4-5,8-9,16H,3,6-7H2,(H,20,22)(H,21,23)/t16-/m0/s1. The molecule has 0 saturated carbocycles. The molecule has 2 aliphatic rings. The molecular formula is C18H15N5O2. The number of allylic oxidation sites excluding steroid dienone is 1. The second-order valence-corrected chi connectivity index (χ2v) is 6.25. The Labute approximate surface area is 143 Å². The normalized spacial score (nSPS) is 19.7. The highest BCUT2D eigenvalue weighted by atomic mass is 16.6. The molecule has 0 radical (unpaired) electrons. The van der Waals surface area contributed by atoms with Gasteiger partial charge in [-0.25, -0.2) is 4.63 Å². The van der Waals surface area contributed by atoms with Crippen LogP contribution in [0.3, 0.4) is 0 Å². The topological polar surface area (TPSA) is 92.9 Å². The molecule has 3 aromatic rings. The maximum atomic E-state index is 12.8. The molecule has 1 aliphatic carbocycles. The third-order valence-electron chi connectivity index (χ3n) is 4.78. The summed E-state index contributed by atoms with van der Waals surface area (Å²) in [4.78, 5) is 17.2. The van der Waals surface area contributed by atoms with E-state index in [0.29, 0.717) is 18.1 Å². The van der Waals surface area contributed by atoms with Crippen LogP contribution < -0.4 is 10.6 Å². The summed E-state index contributed by atoms with van der Waals surface area (Å²) in [7, 11) is 0. The molecule has 7 heteroatoms. The van der Waals surface area contributed by atoms with Gasteiger partial charge in [-0.1, -0.05) is 18.2 Å². The Hall–Kier alpha value is -3.22. The van der Waals surface area contributed by atoms with Gasteiger partial charge in [0.2, 0.25) is 11.6 Å². The number of Topliss-reactive ketones (excluding diaryl/α,β-unsaturated/α-hetero) is 1. The molecule has 25 heavy (non-hydrogen) atoms. The van der Waals surface area contributed by atoms with Crippen LogP contribution in [0.5, 0.6) is 0 Å². The zero-order chi connectivity index (χ0) is 16.8. The van der Waals surface area contributed by atoms with Gasteiger partial charge in [-0.05, 0) is 40.9 Å². The van der Waals surface area contributed by atoms with Gasteiger partial charge in [0.25, 0.3) is 0 Å². The van der Waals surface area contributed by atoms with Gasteiger partial charge in [0.05, 0.1) is 11.6 Å². The van der Waals surface area contributed by atoms with E-state index in [0.717, 1.165) is 40.6 Å². The van der Waals surface area contributed by atoms with Crippen molar-refractivity contribution >= 4 is 28.3 Å². The summed E-state index contributed by atoms with van der Waals surface area (Å²) in [6, 6.07) is 9.55. The molecule has 7 nitrogen and oxygen atoms in total. The second kappa shape index (κ2) is 5.41. The predicted molar refractivity (Wildman–Crippen MR) is 91.9 cm³/mol. The lowest BCUT2D eigenvalue weighted by Crippen LogP contribution is -2.24. The van der Waals surface area contributed by atoms with Crippen LogP contribution in [-0.4, -0.2) is 21.1 Å². The van der Waals surface area contributed by atoms with Gasteiger partial charge < -0.3 is 10.6 Å². The molecule has 1 aromatic carbocycles. The number of pyridine rings is 1. The number of para-hydroxylation sites is 1. The minimum Gasteiger partial charge on any atom is -0.353 e. The largest absolute Gasteiger partial charge is 0.353 e. The third-order valence-corrected chi connectivity index (χ3v) is 4.78. The molecule has 0 bridgehead atoms. The number of benzene rings is 1. The number of ketones is 1. The molecule has 0 fully saturated rings. The first kappa shape index (κ1) is 14.2. The molecule has 1 atom stereocenters. The fraction of sp³-hybridized carbons (Fsp3) is 0.222. The molecule has 0 saturated heterocycles. The number of fused-ring (bicyclic) bond motifs is 2. The zero-order valence-corrected chi connectivity index (χ0v) is 13.3. The van der Waals surface area contributed by atoms with Crippen molar-refractivity contribution in [3.63, 3.8) is 0 Å².